The van der Waals surface area contributed by atoms with Crippen molar-refractivity contribution in [1.82, 2.24) is 25.1 Å². The molecule has 142 valence electrons. The Balaban J connectivity index is 0.00000102. The molecule has 0 bridgehead atoms. The van der Waals surface area contributed by atoms with Crippen LogP contribution in [0.15, 0.2) is 41.3 Å². The maximum absolute atomic E-state index is 12.5. The summed E-state index contributed by atoms with van der Waals surface area (Å²) in [6, 6.07) is 3.93. The van der Waals surface area contributed by atoms with Gasteiger partial charge in [-0.15, -0.1) is 10.2 Å². The third kappa shape index (κ3) is 3.91. The Bertz CT molecular complexity index is 850. The number of anilines is 1. The first-order valence-electron chi connectivity index (χ1n) is 8.79. The molecule has 1 fully saturated rings. The predicted octanol–water partition coefficient (Wildman–Crippen LogP) is 4.38. The van der Waals surface area contributed by atoms with Crippen LogP contribution < -0.4 is 5.32 Å². The summed E-state index contributed by atoms with van der Waals surface area (Å²) in [6.07, 6.45) is 6.74. The number of halogens is 2. The average Bonchev–Trinajstić information content (AvgIpc) is 3.18. The lowest BCUT2D eigenvalue weighted by Gasteiger charge is -2.42. The Hall–Kier alpha value is -2.97. The molecule has 0 radical (unpaired) electrons. The van der Waals surface area contributed by atoms with Crippen LogP contribution >= 0.6 is 0 Å². The lowest BCUT2D eigenvalue weighted by atomic mass is 9.72. The third-order valence-electron chi connectivity index (χ3n) is 4.30. The van der Waals surface area contributed by atoms with E-state index in [9.17, 15) is 8.78 Å². The predicted molar refractivity (Wildman–Crippen MR) is 95.0 cm³/mol. The largest absolute Gasteiger partial charge is 0.415 e. The number of nitrogens with one attached hydrogen (secondary N) is 1. The first kappa shape index (κ1) is 18.8. The lowest BCUT2D eigenvalue weighted by Crippen LogP contribution is -2.42. The van der Waals surface area contributed by atoms with E-state index >= 15 is 0 Å². The molecule has 1 N–H and O–H groups in total. The summed E-state index contributed by atoms with van der Waals surface area (Å²) < 4.78 is 29.9. The molecular weight excluding hydrogens is 354 g/mol. The van der Waals surface area contributed by atoms with Gasteiger partial charge < -0.3 is 9.73 Å². The quantitative estimate of drug-likeness (QED) is 0.709. The van der Waals surface area contributed by atoms with Gasteiger partial charge in [0.15, 0.2) is 0 Å². The van der Waals surface area contributed by atoms with Gasteiger partial charge in [0.05, 0.1) is 11.1 Å². The van der Waals surface area contributed by atoms with E-state index in [0.29, 0.717) is 11.5 Å². The smallest absolute Gasteiger partial charge is 0.314 e. The maximum Gasteiger partial charge on any atom is 0.314 e. The fraction of sp³-hybridized carbons (Fsp3) is 0.389. The van der Waals surface area contributed by atoms with E-state index in [2.05, 4.69) is 30.5 Å². The highest BCUT2D eigenvalue weighted by Gasteiger charge is 2.39. The highest BCUT2D eigenvalue weighted by Crippen LogP contribution is 2.43. The Kier molecular flexibility index (Phi) is 5.68. The summed E-state index contributed by atoms with van der Waals surface area (Å²) in [6.45, 7) is 4.00. The van der Waals surface area contributed by atoms with Crippen LogP contribution in [0.1, 0.15) is 51.0 Å². The van der Waals surface area contributed by atoms with Crippen molar-refractivity contribution in [1.29, 1.82) is 0 Å². The van der Waals surface area contributed by atoms with Gasteiger partial charge in [0.1, 0.15) is 0 Å². The molecule has 3 heterocycles. The molecule has 0 atom stereocenters. The average molecular weight is 374 g/mol. The van der Waals surface area contributed by atoms with Crippen molar-refractivity contribution in [2.24, 2.45) is 0 Å². The number of rotatable bonds is 5. The second-order valence-corrected chi connectivity index (χ2v) is 5.84. The highest BCUT2D eigenvalue weighted by atomic mass is 19.3. The standard InChI is InChI=1S/C16H14F2N6O.C2H6/c17-12(18)14-24-23-13(25-14)10-7-20-15(21-8-10)22-16(4-2-5-16)11-3-1-6-19-9-11;1-2/h1,3,6-9,12H,2,4-5H2,(H,20,21,22);1-2H3. The summed E-state index contributed by atoms with van der Waals surface area (Å²) in [5.41, 5.74) is 1.25. The fourth-order valence-corrected chi connectivity index (χ4v) is 2.82. The Morgan fingerprint density at radius 3 is 2.37 bits per heavy atom. The van der Waals surface area contributed by atoms with Gasteiger partial charge in [0.2, 0.25) is 5.95 Å². The molecule has 27 heavy (non-hydrogen) atoms. The Labute approximate surface area is 155 Å². The van der Waals surface area contributed by atoms with Crippen LogP contribution in [0.4, 0.5) is 14.7 Å². The molecule has 1 saturated carbocycles. The van der Waals surface area contributed by atoms with Gasteiger partial charge in [-0.05, 0) is 30.9 Å². The van der Waals surface area contributed by atoms with E-state index < -0.39 is 12.3 Å². The van der Waals surface area contributed by atoms with Gasteiger partial charge in [-0.2, -0.15) is 8.78 Å². The molecule has 3 aromatic rings. The lowest BCUT2D eigenvalue weighted by molar-refractivity contribution is 0.116. The zero-order valence-electron chi connectivity index (χ0n) is 15.1. The van der Waals surface area contributed by atoms with E-state index in [1.807, 2.05) is 32.2 Å². The van der Waals surface area contributed by atoms with Gasteiger partial charge in [-0.3, -0.25) is 4.98 Å². The van der Waals surface area contributed by atoms with Crippen LogP contribution in [0.2, 0.25) is 0 Å². The van der Waals surface area contributed by atoms with Gasteiger partial charge in [-0.25, -0.2) is 9.97 Å². The number of hydrogen-bond acceptors (Lipinski definition) is 7. The van der Waals surface area contributed by atoms with Crippen LogP contribution in [0.3, 0.4) is 0 Å². The normalized spacial score (nSPS) is 14.9. The second kappa shape index (κ2) is 8.15. The van der Waals surface area contributed by atoms with E-state index in [1.54, 1.807) is 6.20 Å². The summed E-state index contributed by atoms with van der Waals surface area (Å²) in [4.78, 5) is 12.7. The van der Waals surface area contributed by atoms with E-state index in [0.717, 1.165) is 24.8 Å². The molecule has 0 unspecified atom stereocenters. The van der Waals surface area contributed by atoms with Crippen molar-refractivity contribution < 1.29 is 13.2 Å². The molecule has 0 aliphatic heterocycles. The van der Waals surface area contributed by atoms with Gasteiger partial charge >= 0.3 is 6.43 Å². The minimum Gasteiger partial charge on any atom is -0.415 e. The minimum atomic E-state index is -2.80. The fourth-order valence-electron chi connectivity index (χ4n) is 2.82. The summed E-state index contributed by atoms with van der Waals surface area (Å²) in [7, 11) is 0. The van der Waals surface area contributed by atoms with Crippen LogP contribution in [-0.4, -0.2) is 25.1 Å². The van der Waals surface area contributed by atoms with Crippen LogP contribution in [-0.2, 0) is 5.54 Å². The first-order chi connectivity index (χ1) is 13.2. The first-order valence-corrected chi connectivity index (χ1v) is 8.79. The number of hydrogen-bond donors (Lipinski definition) is 1. The topological polar surface area (TPSA) is 89.6 Å². The van der Waals surface area contributed by atoms with Crippen molar-refractivity contribution in [2.75, 3.05) is 5.32 Å². The molecule has 0 aromatic carbocycles. The summed E-state index contributed by atoms with van der Waals surface area (Å²) in [5.74, 6) is -0.310. The highest BCUT2D eigenvalue weighted by molar-refractivity contribution is 5.51. The molecule has 0 amide bonds. The van der Waals surface area contributed by atoms with Crippen molar-refractivity contribution in [3.05, 3.63) is 48.4 Å². The molecule has 4 rings (SSSR count). The monoisotopic (exact) mass is 374 g/mol. The van der Waals surface area contributed by atoms with Crippen LogP contribution in [0.25, 0.3) is 11.5 Å². The minimum absolute atomic E-state index is 0.0348. The molecule has 1 aliphatic rings. The SMILES string of the molecule is CC.FC(F)c1nnc(-c2cnc(NC3(c4cccnc4)CCC3)nc2)o1. The Morgan fingerprint density at radius 1 is 1.11 bits per heavy atom. The van der Waals surface area contributed by atoms with Crippen molar-refractivity contribution in [3.8, 4) is 11.5 Å². The number of pyridine rings is 1. The van der Waals surface area contributed by atoms with Crippen molar-refractivity contribution in [3.63, 3.8) is 0 Å². The molecule has 7 nitrogen and oxygen atoms in total. The molecule has 1 aliphatic carbocycles. The maximum atomic E-state index is 12.5. The summed E-state index contributed by atoms with van der Waals surface area (Å²) in [5, 5.41) is 10.2. The summed E-state index contributed by atoms with van der Waals surface area (Å²) >= 11 is 0. The van der Waals surface area contributed by atoms with Gasteiger partial charge in [0, 0.05) is 24.8 Å². The van der Waals surface area contributed by atoms with Crippen molar-refractivity contribution >= 4 is 5.95 Å². The number of aromatic nitrogens is 5. The molecule has 3 aromatic heterocycles. The molecular formula is C18H20F2N6O. The third-order valence-corrected chi connectivity index (χ3v) is 4.30. The zero-order chi connectivity index (χ0) is 19.3. The van der Waals surface area contributed by atoms with Crippen molar-refractivity contribution in [2.45, 2.75) is 45.1 Å². The van der Waals surface area contributed by atoms with E-state index in [1.165, 1.54) is 12.4 Å². The van der Waals surface area contributed by atoms with E-state index in [-0.39, 0.29) is 11.4 Å². The van der Waals surface area contributed by atoms with Gasteiger partial charge in [0.25, 0.3) is 11.8 Å². The number of nitrogens with zero attached hydrogens (tertiary/aromatic N) is 5. The van der Waals surface area contributed by atoms with Crippen LogP contribution in [0, 0.1) is 0 Å². The number of alkyl halides is 2. The molecule has 9 heteroatoms. The van der Waals surface area contributed by atoms with Crippen LogP contribution in [0.5, 0.6) is 0 Å². The second-order valence-electron chi connectivity index (χ2n) is 5.84. The van der Waals surface area contributed by atoms with E-state index in [4.69, 9.17) is 4.42 Å². The molecule has 0 spiro atoms. The van der Waals surface area contributed by atoms with Gasteiger partial charge in [-0.1, -0.05) is 19.9 Å². The zero-order valence-corrected chi connectivity index (χ0v) is 15.1. The Morgan fingerprint density at radius 2 is 1.85 bits per heavy atom. The molecule has 0 saturated heterocycles.